The van der Waals surface area contributed by atoms with E-state index in [-0.39, 0.29) is 11.9 Å². The molecule has 1 aliphatic carbocycles. The number of hydrogen-bond acceptors (Lipinski definition) is 2. The summed E-state index contributed by atoms with van der Waals surface area (Å²) in [5.74, 6) is -0.000182. The molecule has 0 aliphatic heterocycles. The minimum Gasteiger partial charge on any atom is -0.391 e. The Morgan fingerprint density at radius 2 is 1.78 bits per heavy atom. The Bertz CT molecular complexity index is 651. The van der Waals surface area contributed by atoms with Gasteiger partial charge in [-0.1, -0.05) is 48.0 Å². The maximum absolute atomic E-state index is 13.0. The number of aliphatic hydroxyl groups excluding tert-OH is 1. The van der Waals surface area contributed by atoms with E-state index in [4.69, 9.17) is 0 Å². The molecule has 0 saturated heterocycles. The van der Waals surface area contributed by atoms with Crippen LogP contribution in [0.1, 0.15) is 40.7 Å². The molecule has 0 aromatic heterocycles. The predicted octanol–water partition coefficient (Wildman–Crippen LogP) is 3.55. The molecular formula is C20H23NO2. The van der Waals surface area contributed by atoms with Crippen molar-refractivity contribution < 1.29 is 9.90 Å². The number of hydrogen-bond donors (Lipinski definition) is 1. The second kappa shape index (κ2) is 6.97. The van der Waals surface area contributed by atoms with E-state index in [1.165, 1.54) is 0 Å². The van der Waals surface area contributed by atoms with Gasteiger partial charge in [-0.3, -0.25) is 4.79 Å². The summed E-state index contributed by atoms with van der Waals surface area (Å²) in [6.07, 6.45) is 2.19. The van der Waals surface area contributed by atoms with Crippen LogP contribution in [0.3, 0.4) is 0 Å². The summed E-state index contributed by atoms with van der Waals surface area (Å²) in [4.78, 5) is 14.9. The van der Waals surface area contributed by atoms with Crippen LogP contribution in [0.5, 0.6) is 0 Å². The molecule has 1 saturated carbocycles. The zero-order valence-electron chi connectivity index (χ0n) is 13.5. The van der Waals surface area contributed by atoms with E-state index < -0.39 is 6.10 Å². The Balaban J connectivity index is 1.87. The minimum absolute atomic E-state index is 0.000182. The fourth-order valence-electron chi connectivity index (χ4n) is 3.27. The minimum atomic E-state index is -0.423. The summed E-state index contributed by atoms with van der Waals surface area (Å²) in [5, 5.41) is 10.3. The number of aryl methyl sites for hydroxylation is 1. The van der Waals surface area contributed by atoms with Crippen molar-refractivity contribution in [3.8, 4) is 0 Å². The van der Waals surface area contributed by atoms with Gasteiger partial charge >= 0.3 is 0 Å². The van der Waals surface area contributed by atoms with E-state index in [1.807, 2.05) is 66.4 Å². The van der Waals surface area contributed by atoms with Crippen LogP contribution >= 0.6 is 0 Å². The number of benzene rings is 2. The highest BCUT2D eigenvalue weighted by atomic mass is 16.3. The number of rotatable bonds is 4. The van der Waals surface area contributed by atoms with Gasteiger partial charge in [0.2, 0.25) is 0 Å². The van der Waals surface area contributed by atoms with Gasteiger partial charge in [0, 0.05) is 12.1 Å². The molecule has 0 radical (unpaired) electrons. The molecule has 2 aromatic rings. The van der Waals surface area contributed by atoms with Gasteiger partial charge in [0.15, 0.2) is 0 Å². The zero-order valence-corrected chi connectivity index (χ0v) is 13.5. The van der Waals surface area contributed by atoms with Crippen LogP contribution < -0.4 is 0 Å². The molecule has 1 amide bonds. The van der Waals surface area contributed by atoms with Crippen molar-refractivity contribution in [1.29, 1.82) is 0 Å². The second-order valence-corrected chi connectivity index (χ2v) is 6.35. The number of aliphatic hydroxyl groups is 1. The summed E-state index contributed by atoms with van der Waals surface area (Å²) >= 11 is 0. The fraction of sp³-hybridized carbons (Fsp3) is 0.350. The van der Waals surface area contributed by atoms with Gasteiger partial charge in [-0.05, 0) is 43.9 Å². The zero-order chi connectivity index (χ0) is 16.2. The van der Waals surface area contributed by atoms with Crippen LogP contribution in [0.15, 0.2) is 54.6 Å². The Morgan fingerprint density at radius 3 is 2.39 bits per heavy atom. The van der Waals surface area contributed by atoms with Gasteiger partial charge in [0.1, 0.15) is 0 Å². The molecule has 1 fully saturated rings. The molecule has 3 rings (SSSR count). The Labute approximate surface area is 137 Å². The van der Waals surface area contributed by atoms with Crippen LogP contribution in [-0.4, -0.2) is 28.1 Å². The third-order valence-corrected chi connectivity index (χ3v) is 4.60. The SMILES string of the molecule is Cc1ccc(C(=O)N(Cc2ccccc2)C2CCCC2O)cc1. The first-order chi connectivity index (χ1) is 11.1. The molecule has 0 heterocycles. The lowest BCUT2D eigenvalue weighted by Crippen LogP contribution is -2.44. The first kappa shape index (κ1) is 15.8. The van der Waals surface area contributed by atoms with Crippen LogP contribution in [0.2, 0.25) is 0 Å². The normalized spacial score (nSPS) is 20.4. The monoisotopic (exact) mass is 309 g/mol. The van der Waals surface area contributed by atoms with Gasteiger partial charge in [-0.2, -0.15) is 0 Å². The highest BCUT2D eigenvalue weighted by Gasteiger charge is 2.33. The van der Waals surface area contributed by atoms with Gasteiger partial charge in [0.05, 0.1) is 12.1 Å². The predicted molar refractivity (Wildman–Crippen MR) is 91.1 cm³/mol. The molecule has 0 bridgehead atoms. The first-order valence-corrected chi connectivity index (χ1v) is 8.25. The molecule has 1 aliphatic rings. The third kappa shape index (κ3) is 3.62. The summed E-state index contributed by atoms with van der Waals surface area (Å²) in [6, 6.07) is 17.5. The number of carbonyl (C=O) groups excluding carboxylic acids is 1. The molecule has 2 aromatic carbocycles. The molecule has 2 atom stereocenters. The second-order valence-electron chi connectivity index (χ2n) is 6.35. The van der Waals surface area contributed by atoms with E-state index >= 15 is 0 Å². The average Bonchev–Trinajstić information content (AvgIpc) is 2.99. The van der Waals surface area contributed by atoms with Crippen molar-refractivity contribution >= 4 is 5.91 Å². The maximum atomic E-state index is 13.0. The van der Waals surface area contributed by atoms with Crippen molar-refractivity contribution in [3.63, 3.8) is 0 Å². The average molecular weight is 309 g/mol. The van der Waals surface area contributed by atoms with Crippen molar-refractivity contribution in [2.45, 2.75) is 44.9 Å². The smallest absolute Gasteiger partial charge is 0.254 e. The largest absolute Gasteiger partial charge is 0.391 e. The van der Waals surface area contributed by atoms with Crippen molar-refractivity contribution in [2.75, 3.05) is 0 Å². The van der Waals surface area contributed by atoms with Crippen LogP contribution in [0, 0.1) is 6.92 Å². The molecule has 3 nitrogen and oxygen atoms in total. The lowest BCUT2D eigenvalue weighted by Gasteiger charge is -2.31. The molecule has 1 N–H and O–H groups in total. The van der Waals surface area contributed by atoms with Crippen LogP contribution in [0.4, 0.5) is 0 Å². The molecular weight excluding hydrogens is 286 g/mol. The van der Waals surface area contributed by atoms with Gasteiger partial charge in [0.25, 0.3) is 5.91 Å². The topological polar surface area (TPSA) is 40.5 Å². The third-order valence-electron chi connectivity index (χ3n) is 4.60. The fourth-order valence-corrected chi connectivity index (χ4v) is 3.27. The van der Waals surface area contributed by atoms with E-state index in [1.54, 1.807) is 0 Å². The van der Waals surface area contributed by atoms with Gasteiger partial charge < -0.3 is 10.0 Å². The highest BCUT2D eigenvalue weighted by Crippen LogP contribution is 2.27. The number of carbonyl (C=O) groups is 1. The van der Waals surface area contributed by atoms with Crippen LogP contribution in [-0.2, 0) is 6.54 Å². The van der Waals surface area contributed by atoms with Crippen LogP contribution in [0.25, 0.3) is 0 Å². The van der Waals surface area contributed by atoms with Gasteiger partial charge in [-0.15, -0.1) is 0 Å². The summed E-state index contributed by atoms with van der Waals surface area (Å²) in [5.41, 5.74) is 2.91. The number of amides is 1. The van der Waals surface area contributed by atoms with Gasteiger partial charge in [-0.25, -0.2) is 0 Å². The Morgan fingerprint density at radius 1 is 1.09 bits per heavy atom. The molecule has 3 heteroatoms. The summed E-state index contributed by atoms with van der Waals surface area (Å²) < 4.78 is 0. The Kier molecular flexibility index (Phi) is 4.77. The van der Waals surface area contributed by atoms with Crippen molar-refractivity contribution in [2.24, 2.45) is 0 Å². The molecule has 2 unspecified atom stereocenters. The molecule has 0 spiro atoms. The van der Waals surface area contributed by atoms with E-state index in [2.05, 4.69) is 0 Å². The lowest BCUT2D eigenvalue weighted by molar-refractivity contribution is 0.0431. The van der Waals surface area contributed by atoms with E-state index in [0.717, 1.165) is 30.4 Å². The van der Waals surface area contributed by atoms with Crippen molar-refractivity contribution in [1.82, 2.24) is 4.90 Å². The number of nitrogens with zero attached hydrogens (tertiary/aromatic N) is 1. The first-order valence-electron chi connectivity index (χ1n) is 8.25. The Hall–Kier alpha value is -2.13. The lowest BCUT2D eigenvalue weighted by atomic mass is 10.1. The summed E-state index contributed by atoms with van der Waals surface area (Å²) in [7, 11) is 0. The molecule has 23 heavy (non-hydrogen) atoms. The van der Waals surface area contributed by atoms with Crippen molar-refractivity contribution in [3.05, 3.63) is 71.3 Å². The van der Waals surface area contributed by atoms with E-state index in [0.29, 0.717) is 12.1 Å². The highest BCUT2D eigenvalue weighted by molar-refractivity contribution is 5.94. The summed E-state index contributed by atoms with van der Waals surface area (Å²) in [6.45, 7) is 2.55. The maximum Gasteiger partial charge on any atom is 0.254 e. The standard InChI is InChI=1S/C20H23NO2/c1-15-10-12-17(13-11-15)20(23)21(18-8-5-9-19(18)22)14-16-6-3-2-4-7-16/h2-4,6-7,10-13,18-19,22H,5,8-9,14H2,1H3. The van der Waals surface area contributed by atoms with E-state index in [9.17, 15) is 9.90 Å². The quantitative estimate of drug-likeness (QED) is 0.938. The molecule has 120 valence electrons.